The molecular formula is C34H40BN9O. The van der Waals surface area contributed by atoms with Crippen LogP contribution >= 0.6 is 0 Å². The molecule has 2 aromatic carbocycles. The largest absolute Gasteiger partial charge is 0.355 e. The number of carbonyl (C=O) groups is 1. The first-order valence-electron chi connectivity index (χ1n) is 16.1. The highest BCUT2D eigenvalue weighted by Gasteiger charge is 2.37. The quantitative estimate of drug-likeness (QED) is 0.220. The first-order chi connectivity index (χ1) is 21.9. The fourth-order valence-electron chi connectivity index (χ4n) is 6.72. The molecule has 4 N–H and O–H groups in total. The number of nitrogens with zero attached hydrogens (tertiary/aromatic N) is 5. The molecule has 5 heterocycles. The average Bonchev–Trinajstić information content (AvgIpc) is 3.89. The van der Waals surface area contributed by atoms with Gasteiger partial charge in [0.1, 0.15) is 17.7 Å². The van der Waals surface area contributed by atoms with Gasteiger partial charge < -0.3 is 30.3 Å². The van der Waals surface area contributed by atoms with Crippen LogP contribution < -0.4 is 10.6 Å². The van der Waals surface area contributed by atoms with Crippen LogP contribution in [0.3, 0.4) is 0 Å². The lowest BCUT2D eigenvalue weighted by atomic mass is 10.0. The van der Waals surface area contributed by atoms with Crippen LogP contribution in [0.1, 0.15) is 63.3 Å². The molecule has 3 atom stereocenters. The third kappa shape index (κ3) is 6.01. The van der Waals surface area contributed by atoms with Crippen molar-refractivity contribution in [3.05, 3.63) is 72.6 Å². The number of nitrogens with one attached hydrogen (secondary N) is 4. The lowest BCUT2D eigenvalue weighted by molar-refractivity contribution is -0.135. The molecule has 11 heteroatoms. The lowest BCUT2D eigenvalue weighted by Gasteiger charge is -2.30. The van der Waals surface area contributed by atoms with Crippen LogP contribution in [0.2, 0.25) is 0 Å². The lowest BCUT2D eigenvalue weighted by Crippen LogP contribution is -2.53. The summed E-state index contributed by atoms with van der Waals surface area (Å²) in [6.07, 6.45) is 7.75. The topological polar surface area (TPSA) is 117 Å². The second kappa shape index (κ2) is 12.6. The van der Waals surface area contributed by atoms with E-state index in [0.29, 0.717) is 5.96 Å². The van der Waals surface area contributed by atoms with Crippen LogP contribution in [-0.2, 0) is 4.79 Å². The Morgan fingerprint density at radius 2 is 1.40 bits per heavy atom. The summed E-state index contributed by atoms with van der Waals surface area (Å²) in [7, 11) is 6.13. The van der Waals surface area contributed by atoms with Crippen molar-refractivity contribution in [2.45, 2.75) is 57.7 Å². The molecule has 4 aromatic rings. The smallest absolute Gasteiger partial charge is 0.246 e. The fourth-order valence-corrected chi connectivity index (χ4v) is 6.72. The zero-order valence-electron chi connectivity index (χ0n) is 26.0. The zero-order chi connectivity index (χ0) is 30.9. The number of H-pyrrole nitrogens is 2. The number of likely N-dealkylation sites (tertiary alicyclic amines) is 1. The molecule has 1 amide bonds. The molecule has 2 fully saturated rings. The second-order valence-electron chi connectivity index (χ2n) is 12.6. The Morgan fingerprint density at radius 3 is 1.93 bits per heavy atom. The van der Waals surface area contributed by atoms with Crippen LogP contribution in [-0.4, -0.2) is 81.7 Å². The summed E-state index contributed by atoms with van der Waals surface area (Å²) in [5.41, 5.74) is 6.39. The van der Waals surface area contributed by atoms with E-state index in [0.717, 1.165) is 97.2 Å². The number of benzene rings is 2. The van der Waals surface area contributed by atoms with E-state index >= 15 is 0 Å². The second-order valence-corrected chi connectivity index (χ2v) is 12.6. The normalized spacial score (nSPS) is 20.9. The highest BCUT2D eigenvalue weighted by atomic mass is 16.2. The molecule has 45 heavy (non-hydrogen) atoms. The molecular weight excluding hydrogens is 561 g/mol. The minimum atomic E-state index is -0.336. The van der Waals surface area contributed by atoms with Crippen molar-refractivity contribution in [3.63, 3.8) is 0 Å². The summed E-state index contributed by atoms with van der Waals surface area (Å²) in [6.45, 7) is 7.31. The number of aliphatic imine (C=N–C) groups is 1. The van der Waals surface area contributed by atoms with Crippen LogP contribution in [0.5, 0.6) is 0 Å². The highest BCUT2D eigenvalue weighted by molar-refractivity contribution is 6.04. The van der Waals surface area contributed by atoms with Crippen LogP contribution in [0.4, 0.5) is 0 Å². The van der Waals surface area contributed by atoms with E-state index in [1.807, 2.05) is 22.1 Å². The number of hydrogen-bond donors (Lipinski definition) is 4. The predicted molar refractivity (Wildman–Crippen MR) is 177 cm³/mol. The van der Waals surface area contributed by atoms with Crippen LogP contribution in [0, 0.1) is 5.92 Å². The molecule has 7 rings (SSSR count). The Morgan fingerprint density at radius 1 is 0.844 bits per heavy atom. The summed E-state index contributed by atoms with van der Waals surface area (Å²) in [4.78, 5) is 38.3. The molecule has 10 nitrogen and oxygen atoms in total. The van der Waals surface area contributed by atoms with Gasteiger partial charge in [0.15, 0.2) is 13.9 Å². The van der Waals surface area contributed by atoms with E-state index in [-0.39, 0.29) is 30.0 Å². The van der Waals surface area contributed by atoms with Crippen molar-refractivity contribution in [2.75, 3.05) is 26.2 Å². The van der Waals surface area contributed by atoms with Gasteiger partial charge in [0.05, 0.1) is 42.4 Å². The monoisotopic (exact) mass is 601 g/mol. The molecule has 3 aliphatic rings. The Kier molecular flexibility index (Phi) is 8.19. The number of aromatic amines is 2. The maximum atomic E-state index is 13.7. The van der Waals surface area contributed by atoms with Crippen LogP contribution in [0.15, 0.2) is 65.9 Å². The molecule has 0 saturated carbocycles. The third-order valence-corrected chi connectivity index (χ3v) is 9.28. The standard InChI is InChI=1S/C34H40BN9O/c1-21(2)30(42-34-36-15-16-37-34)33(45)43-17-3-5-28(43)31-38-19-26(40-31)24-11-7-22(8-12-24)23-9-13-25(14-10-23)27-20-39-32(41-27)29-6-4-18-44(29)35/h7-14,19-21,28-30H,3-6,15-18H2,1-2H3,(H,38,40)(H,39,41)(H2,36,37,42)/t28-,29-,30+/m0/s1. The number of hydrogen-bond acceptors (Lipinski definition) is 7. The Bertz CT molecular complexity index is 1660. The summed E-state index contributed by atoms with van der Waals surface area (Å²) in [5, 5.41) is 6.57. The van der Waals surface area contributed by atoms with E-state index in [4.69, 9.17) is 13.0 Å². The van der Waals surface area contributed by atoms with Crippen molar-refractivity contribution in [2.24, 2.45) is 10.9 Å². The molecule has 0 aliphatic carbocycles. The molecule has 2 saturated heterocycles. The van der Waals surface area contributed by atoms with E-state index in [2.05, 4.69) is 93.0 Å². The molecule has 3 aliphatic heterocycles. The van der Waals surface area contributed by atoms with Crippen molar-refractivity contribution in [1.29, 1.82) is 0 Å². The maximum Gasteiger partial charge on any atom is 0.246 e. The van der Waals surface area contributed by atoms with E-state index in [1.54, 1.807) is 0 Å². The molecule has 0 unspecified atom stereocenters. The van der Waals surface area contributed by atoms with Gasteiger partial charge in [0, 0.05) is 13.1 Å². The number of amides is 1. The van der Waals surface area contributed by atoms with E-state index in [1.165, 1.54) is 0 Å². The van der Waals surface area contributed by atoms with Gasteiger partial charge in [-0.1, -0.05) is 62.4 Å². The van der Waals surface area contributed by atoms with Gasteiger partial charge in [0.2, 0.25) is 5.91 Å². The van der Waals surface area contributed by atoms with Crippen molar-refractivity contribution in [1.82, 2.24) is 40.3 Å². The Labute approximate surface area is 265 Å². The summed E-state index contributed by atoms with van der Waals surface area (Å²) < 4.78 is 0. The van der Waals surface area contributed by atoms with Gasteiger partial charge in [-0.3, -0.25) is 9.79 Å². The SMILES string of the molecule is [B]N1CCC[C@H]1c1ncc(-c2ccc(-c3ccc(-c4cnc([C@@H]5CCCN5C(=O)[C@H](NC5=NCCN5)C(C)C)[nH]4)cc3)cc2)[nH]1. The van der Waals surface area contributed by atoms with E-state index < -0.39 is 0 Å². The molecule has 0 spiro atoms. The van der Waals surface area contributed by atoms with E-state index in [9.17, 15) is 4.79 Å². The third-order valence-electron chi connectivity index (χ3n) is 9.28. The van der Waals surface area contributed by atoms with Gasteiger partial charge in [-0.15, -0.1) is 0 Å². The van der Waals surface area contributed by atoms with Crippen molar-refractivity contribution >= 4 is 19.8 Å². The summed E-state index contributed by atoms with van der Waals surface area (Å²) in [6, 6.07) is 16.8. The fraction of sp³-hybridized carbons (Fsp3) is 0.412. The van der Waals surface area contributed by atoms with Gasteiger partial charge in [-0.2, -0.15) is 0 Å². The molecule has 2 radical (unpaired) electrons. The number of guanidine groups is 1. The minimum absolute atomic E-state index is 0.0658. The Balaban J connectivity index is 1.02. The van der Waals surface area contributed by atoms with Gasteiger partial charge >= 0.3 is 0 Å². The molecule has 230 valence electrons. The average molecular weight is 602 g/mol. The number of aromatic nitrogens is 4. The Hall–Kier alpha value is -4.38. The minimum Gasteiger partial charge on any atom is -0.355 e. The van der Waals surface area contributed by atoms with Gasteiger partial charge in [-0.25, -0.2) is 9.97 Å². The number of imidazole rings is 2. The maximum absolute atomic E-state index is 13.7. The molecule has 0 bridgehead atoms. The predicted octanol–water partition coefficient (Wildman–Crippen LogP) is 4.59. The van der Waals surface area contributed by atoms with Gasteiger partial charge in [0.25, 0.3) is 0 Å². The van der Waals surface area contributed by atoms with Crippen LogP contribution in [0.25, 0.3) is 33.6 Å². The summed E-state index contributed by atoms with van der Waals surface area (Å²) in [5.74, 6) is 2.71. The van der Waals surface area contributed by atoms with Crippen molar-refractivity contribution in [3.8, 4) is 33.6 Å². The number of rotatable bonds is 8. The zero-order valence-corrected chi connectivity index (χ0v) is 26.0. The first-order valence-corrected chi connectivity index (χ1v) is 16.1. The first kappa shape index (κ1) is 29.3. The highest BCUT2D eigenvalue weighted by Crippen LogP contribution is 2.34. The number of carbonyl (C=O) groups excluding carboxylic acids is 1. The summed E-state index contributed by atoms with van der Waals surface area (Å²) >= 11 is 0. The molecule has 2 aromatic heterocycles. The van der Waals surface area contributed by atoms with Gasteiger partial charge in [-0.05, 0) is 60.4 Å². The van der Waals surface area contributed by atoms with Crippen molar-refractivity contribution < 1.29 is 4.79 Å².